The summed E-state index contributed by atoms with van der Waals surface area (Å²) in [7, 11) is 0. The predicted octanol–water partition coefficient (Wildman–Crippen LogP) is 5.37. The molecule has 1 aliphatic carbocycles. The molecule has 3 rings (SSSR count). The minimum atomic E-state index is -0.187. The summed E-state index contributed by atoms with van der Waals surface area (Å²) in [5.41, 5.74) is 9.90. The van der Waals surface area contributed by atoms with E-state index < -0.39 is 0 Å². The first kappa shape index (κ1) is 13.4. The molecule has 1 nitrogen and oxygen atoms in total. The van der Waals surface area contributed by atoms with Crippen LogP contribution >= 0.6 is 34.5 Å². The lowest BCUT2D eigenvalue weighted by Crippen LogP contribution is -2.18. The molecule has 1 aromatic carbocycles. The highest BCUT2D eigenvalue weighted by molar-refractivity contribution is 7.20. The monoisotopic (exact) mass is 311 g/mol. The number of hydrogen-bond donors (Lipinski definition) is 1. The second kappa shape index (κ2) is 5.45. The molecule has 1 aliphatic rings. The summed E-state index contributed by atoms with van der Waals surface area (Å²) in [4.78, 5) is 0. The van der Waals surface area contributed by atoms with Gasteiger partial charge in [-0.2, -0.15) is 0 Å². The Labute approximate surface area is 127 Å². The molecule has 1 atom stereocenters. The highest BCUT2D eigenvalue weighted by Crippen LogP contribution is 2.42. The molecule has 2 N–H and O–H groups in total. The lowest BCUT2D eigenvalue weighted by Gasteiger charge is -2.29. The number of benzene rings is 1. The average Bonchev–Trinajstić information content (AvgIpc) is 2.66. The molecule has 0 spiro atoms. The molecule has 19 heavy (non-hydrogen) atoms. The Morgan fingerprint density at radius 3 is 2.47 bits per heavy atom. The first-order valence-electron chi connectivity index (χ1n) is 6.46. The van der Waals surface area contributed by atoms with Crippen molar-refractivity contribution in [2.75, 3.05) is 0 Å². The van der Waals surface area contributed by atoms with Crippen LogP contribution in [0.5, 0.6) is 0 Å². The van der Waals surface area contributed by atoms with Crippen LogP contribution in [0.15, 0.2) is 30.3 Å². The van der Waals surface area contributed by atoms with Gasteiger partial charge < -0.3 is 5.73 Å². The zero-order valence-corrected chi connectivity index (χ0v) is 12.7. The zero-order chi connectivity index (χ0) is 13.4. The van der Waals surface area contributed by atoms with Crippen LogP contribution in [-0.2, 0) is 0 Å². The smallest absolute Gasteiger partial charge is 0.0995 e. The highest BCUT2D eigenvalue weighted by atomic mass is 35.5. The fourth-order valence-corrected chi connectivity index (χ4v) is 4.17. The summed E-state index contributed by atoms with van der Waals surface area (Å²) in [6.07, 6.45) is 3.85. The van der Waals surface area contributed by atoms with Crippen molar-refractivity contribution in [3.05, 3.63) is 55.7 Å². The van der Waals surface area contributed by atoms with E-state index >= 15 is 0 Å². The largest absolute Gasteiger partial charge is 0.320 e. The number of thiophene rings is 1. The van der Waals surface area contributed by atoms with Gasteiger partial charge in [0.25, 0.3) is 0 Å². The maximum Gasteiger partial charge on any atom is 0.0995 e. The third kappa shape index (κ3) is 2.55. The number of hydrogen-bond acceptors (Lipinski definition) is 2. The van der Waals surface area contributed by atoms with Gasteiger partial charge in [-0.3, -0.25) is 0 Å². The molecule has 0 saturated heterocycles. The molecule has 100 valence electrons. The number of halogens is 2. The second-order valence-corrected chi connectivity index (χ2v) is 7.30. The predicted molar refractivity (Wildman–Crippen MR) is 83.4 cm³/mol. The van der Waals surface area contributed by atoms with Gasteiger partial charge in [-0.05, 0) is 36.0 Å². The molecule has 0 radical (unpaired) electrons. The van der Waals surface area contributed by atoms with E-state index in [1.807, 2.05) is 12.1 Å². The molecular formula is C15H15Cl2NS. The topological polar surface area (TPSA) is 26.0 Å². The van der Waals surface area contributed by atoms with Gasteiger partial charge in [0.05, 0.1) is 14.7 Å². The van der Waals surface area contributed by atoms with E-state index in [0.717, 1.165) is 5.56 Å². The summed E-state index contributed by atoms with van der Waals surface area (Å²) >= 11 is 13.6. The molecule has 1 aromatic heterocycles. The Morgan fingerprint density at radius 2 is 1.89 bits per heavy atom. The van der Waals surface area contributed by atoms with Crippen molar-refractivity contribution in [2.45, 2.75) is 31.2 Å². The Balaban J connectivity index is 1.99. The van der Waals surface area contributed by atoms with Gasteiger partial charge in [-0.25, -0.2) is 0 Å². The van der Waals surface area contributed by atoms with Crippen molar-refractivity contribution >= 4 is 34.5 Å². The Hall–Kier alpha value is -0.540. The van der Waals surface area contributed by atoms with Crippen LogP contribution in [0.4, 0.5) is 0 Å². The zero-order valence-electron chi connectivity index (χ0n) is 10.4. The molecule has 0 amide bonds. The molecule has 1 unspecified atom stereocenters. The summed E-state index contributed by atoms with van der Waals surface area (Å²) < 4.78 is 1.39. The lowest BCUT2D eigenvalue weighted by atomic mass is 9.77. The molecule has 0 aliphatic heterocycles. The average molecular weight is 312 g/mol. The molecule has 1 saturated carbocycles. The van der Waals surface area contributed by atoms with E-state index in [4.69, 9.17) is 28.9 Å². The molecule has 0 bridgehead atoms. The molecule has 2 aromatic rings. The second-order valence-electron chi connectivity index (χ2n) is 5.01. The Bertz CT molecular complexity index is 590. The lowest BCUT2D eigenvalue weighted by molar-refractivity contribution is 0.416. The molecule has 1 heterocycles. The van der Waals surface area contributed by atoms with Gasteiger partial charge in [0, 0.05) is 5.56 Å². The van der Waals surface area contributed by atoms with Crippen LogP contribution < -0.4 is 5.73 Å². The summed E-state index contributed by atoms with van der Waals surface area (Å²) in [6, 6.07) is 10.1. The van der Waals surface area contributed by atoms with Crippen molar-refractivity contribution in [1.29, 1.82) is 0 Å². The molecule has 1 fully saturated rings. The summed E-state index contributed by atoms with van der Waals surface area (Å²) in [6.45, 7) is 0. The first-order valence-corrected chi connectivity index (χ1v) is 8.03. The standard InChI is InChI=1S/C15H15Cl2NS/c16-13-8-12(15(17)19-13)14(18)11-7-2-1-6-10(11)9-4-3-5-9/h1-2,6-9,14H,3-5,18H2. The number of nitrogens with two attached hydrogens (primary N) is 1. The van der Waals surface area contributed by atoms with Gasteiger partial charge in [0.2, 0.25) is 0 Å². The molecule has 4 heteroatoms. The van der Waals surface area contributed by atoms with E-state index in [-0.39, 0.29) is 6.04 Å². The third-order valence-electron chi connectivity index (χ3n) is 3.89. The number of rotatable bonds is 3. The van der Waals surface area contributed by atoms with E-state index in [2.05, 4.69) is 18.2 Å². The fourth-order valence-electron chi connectivity index (χ4n) is 2.62. The normalized spacial score (nSPS) is 17.2. The van der Waals surface area contributed by atoms with Gasteiger partial charge in [-0.15, -0.1) is 11.3 Å². The van der Waals surface area contributed by atoms with E-state index in [9.17, 15) is 0 Å². The van der Waals surface area contributed by atoms with Crippen LogP contribution in [0.2, 0.25) is 8.67 Å². The van der Waals surface area contributed by atoms with E-state index in [0.29, 0.717) is 14.6 Å². The van der Waals surface area contributed by atoms with Crippen molar-refractivity contribution in [2.24, 2.45) is 5.73 Å². The quantitative estimate of drug-likeness (QED) is 0.810. The first-order chi connectivity index (χ1) is 9.16. The van der Waals surface area contributed by atoms with Gasteiger partial charge in [0.15, 0.2) is 0 Å². The van der Waals surface area contributed by atoms with Crippen LogP contribution in [0.1, 0.15) is 47.9 Å². The van der Waals surface area contributed by atoms with Crippen LogP contribution in [0.25, 0.3) is 0 Å². The van der Waals surface area contributed by atoms with Crippen LogP contribution in [0, 0.1) is 0 Å². The van der Waals surface area contributed by atoms with Crippen molar-refractivity contribution < 1.29 is 0 Å². The van der Waals surface area contributed by atoms with Crippen LogP contribution in [-0.4, -0.2) is 0 Å². The maximum atomic E-state index is 6.41. The van der Waals surface area contributed by atoms with Gasteiger partial charge in [-0.1, -0.05) is 53.9 Å². The summed E-state index contributed by atoms with van der Waals surface area (Å²) in [5.74, 6) is 0.662. The Kier molecular flexibility index (Phi) is 3.86. The van der Waals surface area contributed by atoms with Gasteiger partial charge >= 0.3 is 0 Å². The summed E-state index contributed by atoms with van der Waals surface area (Å²) in [5, 5.41) is 0. The van der Waals surface area contributed by atoms with Crippen molar-refractivity contribution in [1.82, 2.24) is 0 Å². The third-order valence-corrected chi connectivity index (χ3v) is 5.41. The SMILES string of the molecule is NC(c1ccccc1C1CCC1)c1cc(Cl)sc1Cl. The van der Waals surface area contributed by atoms with Gasteiger partial charge in [0.1, 0.15) is 0 Å². The fraction of sp³-hybridized carbons (Fsp3) is 0.333. The van der Waals surface area contributed by atoms with E-state index in [1.54, 1.807) is 0 Å². The van der Waals surface area contributed by atoms with Crippen LogP contribution in [0.3, 0.4) is 0 Å². The Morgan fingerprint density at radius 1 is 1.16 bits per heavy atom. The maximum absolute atomic E-state index is 6.41. The minimum absolute atomic E-state index is 0.187. The minimum Gasteiger partial charge on any atom is -0.320 e. The van der Waals surface area contributed by atoms with Crippen molar-refractivity contribution in [3.8, 4) is 0 Å². The van der Waals surface area contributed by atoms with Crippen molar-refractivity contribution in [3.63, 3.8) is 0 Å². The van der Waals surface area contributed by atoms with E-state index in [1.165, 1.54) is 41.7 Å². The highest BCUT2D eigenvalue weighted by Gasteiger charge is 2.25. The molecular weight excluding hydrogens is 297 g/mol.